The van der Waals surface area contributed by atoms with Crippen LogP contribution in [0.15, 0.2) is 42.6 Å². The van der Waals surface area contributed by atoms with Gasteiger partial charge in [0.2, 0.25) is 5.95 Å². The Kier molecular flexibility index (Phi) is 2.95. The van der Waals surface area contributed by atoms with E-state index in [4.69, 9.17) is 5.73 Å². The highest BCUT2D eigenvalue weighted by Gasteiger charge is 2.10. The van der Waals surface area contributed by atoms with Gasteiger partial charge in [0, 0.05) is 37.3 Å². The highest BCUT2D eigenvalue weighted by atomic mass is 15.2. The van der Waals surface area contributed by atoms with Crippen LogP contribution in [0.4, 0.5) is 11.8 Å². The molecule has 0 fully saturated rings. The van der Waals surface area contributed by atoms with Crippen molar-refractivity contribution in [2.24, 2.45) is 0 Å². The van der Waals surface area contributed by atoms with Gasteiger partial charge in [-0.25, -0.2) is 4.98 Å². The third-order valence-electron chi connectivity index (χ3n) is 3.04. The quantitative estimate of drug-likeness (QED) is 0.770. The number of nitrogens with zero attached hydrogens (tertiary/aromatic N) is 4. The molecule has 0 aliphatic heterocycles. The van der Waals surface area contributed by atoms with Crippen molar-refractivity contribution in [3.8, 4) is 11.3 Å². The first-order valence-corrected chi connectivity index (χ1v) is 6.31. The van der Waals surface area contributed by atoms with Crippen LogP contribution in [0, 0.1) is 0 Å². The fourth-order valence-electron chi connectivity index (χ4n) is 2.10. The molecule has 3 rings (SSSR count). The number of nitrogen functional groups attached to an aromatic ring is 1. The van der Waals surface area contributed by atoms with Gasteiger partial charge in [0.1, 0.15) is 5.82 Å². The van der Waals surface area contributed by atoms with Crippen molar-refractivity contribution < 1.29 is 0 Å². The van der Waals surface area contributed by atoms with Crippen molar-refractivity contribution in [3.63, 3.8) is 0 Å². The van der Waals surface area contributed by atoms with Gasteiger partial charge >= 0.3 is 0 Å². The van der Waals surface area contributed by atoms with Crippen LogP contribution in [-0.2, 0) is 0 Å². The second-order valence-corrected chi connectivity index (χ2v) is 4.75. The molecule has 5 heteroatoms. The zero-order valence-electron chi connectivity index (χ0n) is 11.4. The topological polar surface area (TPSA) is 67.9 Å². The summed E-state index contributed by atoms with van der Waals surface area (Å²) >= 11 is 0. The van der Waals surface area contributed by atoms with Crippen LogP contribution in [0.3, 0.4) is 0 Å². The number of fused-ring (bicyclic) bond motifs is 1. The van der Waals surface area contributed by atoms with E-state index in [9.17, 15) is 0 Å². The molecule has 20 heavy (non-hydrogen) atoms. The molecule has 5 nitrogen and oxygen atoms in total. The molecule has 1 aromatic carbocycles. The van der Waals surface area contributed by atoms with Gasteiger partial charge in [0.15, 0.2) is 0 Å². The Morgan fingerprint density at radius 1 is 1.05 bits per heavy atom. The van der Waals surface area contributed by atoms with Gasteiger partial charge in [0.05, 0.1) is 11.2 Å². The first-order chi connectivity index (χ1) is 9.65. The van der Waals surface area contributed by atoms with Gasteiger partial charge < -0.3 is 10.6 Å². The summed E-state index contributed by atoms with van der Waals surface area (Å²) < 4.78 is 0. The van der Waals surface area contributed by atoms with Crippen LogP contribution in [-0.4, -0.2) is 29.0 Å². The number of nitrogens with two attached hydrogens (primary N) is 1. The molecule has 100 valence electrons. The maximum absolute atomic E-state index is 5.88. The number of para-hydroxylation sites is 1. The highest BCUT2D eigenvalue weighted by Crippen LogP contribution is 2.27. The monoisotopic (exact) mass is 265 g/mol. The number of hydrogen-bond donors (Lipinski definition) is 1. The fraction of sp³-hybridized carbons (Fsp3) is 0.133. The Morgan fingerprint density at radius 3 is 2.65 bits per heavy atom. The van der Waals surface area contributed by atoms with E-state index in [0.717, 1.165) is 22.2 Å². The number of hydrogen-bond acceptors (Lipinski definition) is 5. The van der Waals surface area contributed by atoms with Gasteiger partial charge in [-0.1, -0.05) is 24.3 Å². The molecule has 2 aromatic heterocycles. The summed E-state index contributed by atoms with van der Waals surface area (Å²) in [6, 6.07) is 11.7. The molecule has 0 unspecified atom stereocenters. The molecule has 0 bridgehead atoms. The van der Waals surface area contributed by atoms with E-state index in [1.807, 2.05) is 49.3 Å². The second-order valence-electron chi connectivity index (χ2n) is 4.75. The molecule has 0 atom stereocenters. The molecule has 2 heterocycles. The Balaban J connectivity index is 2.25. The number of benzene rings is 1. The maximum Gasteiger partial charge on any atom is 0.227 e. The molecule has 0 aliphatic carbocycles. The van der Waals surface area contributed by atoms with E-state index in [2.05, 4.69) is 15.0 Å². The summed E-state index contributed by atoms with van der Waals surface area (Å²) in [7, 11) is 3.78. The maximum atomic E-state index is 5.88. The Morgan fingerprint density at radius 2 is 1.85 bits per heavy atom. The van der Waals surface area contributed by atoms with Gasteiger partial charge in [0.25, 0.3) is 0 Å². The minimum atomic E-state index is 0.451. The number of pyridine rings is 1. The van der Waals surface area contributed by atoms with Crippen LogP contribution in [0.25, 0.3) is 22.2 Å². The lowest BCUT2D eigenvalue weighted by Gasteiger charge is -2.13. The minimum Gasteiger partial charge on any atom is -0.384 e. The van der Waals surface area contributed by atoms with Crippen molar-refractivity contribution in [1.82, 2.24) is 15.0 Å². The molecule has 3 aromatic rings. The lowest BCUT2D eigenvalue weighted by molar-refractivity contribution is 1.01. The van der Waals surface area contributed by atoms with Crippen molar-refractivity contribution >= 4 is 22.7 Å². The molecule has 0 saturated carbocycles. The second kappa shape index (κ2) is 4.77. The molecule has 0 aliphatic rings. The summed E-state index contributed by atoms with van der Waals surface area (Å²) in [6.45, 7) is 0. The highest BCUT2D eigenvalue weighted by molar-refractivity contribution is 5.92. The van der Waals surface area contributed by atoms with Crippen molar-refractivity contribution in [2.45, 2.75) is 0 Å². The lowest BCUT2D eigenvalue weighted by Crippen LogP contribution is -2.14. The first kappa shape index (κ1) is 12.3. The average Bonchev–Trinajstić information content (AvgIpc) is 2.46. The molecule has 0 radical (unpaired) electrons. The van der Waals surface area contributed by atoms with E-state index in [0.29, 0.717) is 11.8 Å². The zero-order valence-corrected chi connectivity index (χ0v) is 11.4. The Labute approximate surface area is 117 Å². The normalized spacial score (nSPS) is 10.7. The van der Waals surface area contributed by atoms with Crippen LogP contribution in [0.1, 0.15) is 0 Å². The lowest BCUT2D eigenvalue weighted by atomic mass is 10.1. The van der Waals surface area contributed by atoms with Gasteiger partial charge in [-0.3, -0.25) is 4.98 Å². The van der Waals surface area contributed by atoms with Crippen LogP contribution < -0.4 is 10.6 Å². The summed E-state index contributed by atoms with van der Waals surface area (Å²) in [5.41, 5.74) is 8.54. The average molecular weight is 265 g/mol. The summed E-state index contributed by atoms with van der Waals surface area (Å²) in [6.07, 6.45) is 1.78. The third-order valence-corrected chi connectivity index (χ3v) is 3.04. The van der Waals surface area contributed by atoms with Crippen molar-refractivity contribution in [3.05, 3.63) is 42.6 Å². The van der Waals surface area contributed by atoms with Crippen LogP contribution in [0.2, 0.25) is 0 Å². The number of rotatable bonds is 2. The van der Waals surface area contributed by atoms with Gasteiger partial charge in [-0.15, -0.1) is 0 Å². The largest absolute Gasteiger partial charge is 0.384 e. The molecule has 0 saturated heterocycles. The SMILES string of the molecule is CN(C)c1nc(N)cc(-c2cccc3cccnc23)n1. The summed E-state index contributed by atoms with van der Waals surface area (Å²) in [5.74, 6) is 1.04. The van der Waals surface area contributed by atoms with Crippen molar-refractivity contribution in [1.29, 1.82) is 0 Å². The predicted octanol–water partition coefficient (Wildman–Crippen LogP) is 2.34. The van der Waals surface area contributed by atoms with E-state index in [1.165, 1.54) is 0 Å². The predicted molar refractivity (Wildman–Crippen MR) is 81.5 cm³/mol. The molecule has 0 spiro atoms. The van der Waals surface area contributed by atoms with Crippen LogP contribution >= 0.6 is 0 Å². The molecular weight excluding hydrogens is 250 g/mol. The van der Waals surface area contributed by atoms with E-state index >= 15 is 0 Å². The molecular formula is C15H15N5. The van der Waals surface area contributed by atoms with Crippen molar-refractivity contribution in [2.75, 3.05) is 24.7 Å². The summed E-state index contributed by atoms with van der Waals surface area (Å²) in [4.78, 5) is 15.0. The fourth-order valence-corrected chi connectivity index (χ4v) is 2.10. The molecule has 2 N–H and O–H groups in total. The smallest absolute Gasteiger partial charge is 0.227 e. The zero-order chi connectivity index (χ0) is 14.1. The van der Waals surface area contributed by atoms with E-state index in [-0.39, 0.29) is 0 Å². The standard InChI is InChI=1S/C15H15N5/c1-20(2)15-18-12(9-13(16)19-15)11-7-3-5-10-6-4-8-17-14(10)11/h3-9H,1-2H3,(H2,16,18,19). The van der Waals surface area contributed by atoms with E-state index < -0.39 is 0 Å². The summed E-state index contributed by atoms with van der Waals surface area (Å²) in [5, 5.41) is 1.08. The molecule has 0 amide bonds. The Bertz CT molecular complexity index is 762. The van der Waals surface area contributed by atoms with Crippen LogP contribution in [0.5, 0.6) is 0 Å². The number of aromatic nitrogens is 3. The van der Waals surface area contributed by atoms with Gasteiger partial charge in [-0.05, 0) is 6.07 Å². The van der Waals surface area contributed by atoms with E-state index in [1.54, 1.807) is 12.3 Å². The first-order valence-electron chi connectivity index (χ1n) is 6.31. The minimum absolute atomic E-state index is 0.451. The van der Waals surface area contributed by atoms with Gasteiger partial charge in [-0.2, -0.15) is 4.98 Å². The Hall–Kier alpha value is -2.69. The number of anilines is 2. The third kappa shape index (κ3) is 2.14.